The maximum atomic E-state index is 12.7. The fourth-order valence-electron chi connectivity index (χ4n) is 1.77. The minimum Gasteiger partial charge on any atom is -0.489 e. The summed E-state index contributed by atoms with van der Waals surface area (Å²) >= 11 is 0. The van der Waals surface area contributed by atoms with E-state index in [1.54, 1.807) is 12.1 Å². The third-order valence-electron chi connectivity index (χ3n) is 2.90. The van der Waals surface area contributed by atoms with Crippen molar-refractivity contribution < 1.29 is 13.9 Å². The zero-order valence-electron chi connectivity index (χ0n) is 9.80. The molecular weight excluding hydrogens is 231 g/mol. The molecule has 0 spiro atoms. The van der Waals surface area contributed by atoms with Gasteiger partial charge < -0.3 is 9.47 Å². The van der Waals surface area contributed by atoms with E-state index in [0.717, 1.165) is 17.9 Å². The number of hydrogen-bond donors (Lipinski definition) is 0. The molecule has 0 saturated carbocycles. The normalized spacial score (nSPS) is 17.5. The van der Waals surface area contributed by atoms with Crippen LogP contribution in [0.3, 0.4) is 0 Å². The quantitative estimate of drug-likeness (QED) is 0.768. The summed E-state index contributed by atoms with van der Waals surface area (Å²) in [6, 6.07) is 14.2. The number of rotatable bonds is 4. The molecule has 3 rings (SSSR count). The molecule has 18 heavy (non-hydrogen) atoms. The summed E-state index contributed by atoms with van der Waals surface area (Å²) in [5.74, 6) is 0.580. The first-order chi connectivity index (χ1) is 8.81. The predicted molar refractivity (Wildman–Crippen MR) is 65.9 cm³/mol. The molecule has 92 valence electrons. The predicted octanol–water partition coefficient (Wildman–Crippen LogP) is 3.48. The smallest absolute Gasteiger partial charge is 0.123 e. The third kappa shape index (κ3) is 2.68. The second-order valence-corrected chi connectivity index (χ2v) is 4.31. The fourth-order valence-corrected chi connectivity index (χ4v) is 1.77. The van der Waals surface area contributed by atoms with Gasteiger partial charge in [-0.25, -0.2) is 4.39 Å². The lowest BCUT2D eigenvalue weighted by Crippen LogP contribution is -1.95. The largest absolute Gasteiger partial charge is 0.489 e. The van der Waals surface area contributed by atoms with Crippen LogP contribution < -0.4 is 4.74 Å². The summed E-state index contributed by atoms with van der Waals surface area (Å²) in [4.78, 5) is 0. The summed E-state index contributed by atoms with van der Waals surface area (Å²) in [5.41, 5.74) is 2.13. The van der Waals surface area contributed by atoms with Crippen molar-refractivity contribution in [2.45, 2.75) is 12.7 Å². The molecule has 1 atom stereocenters. The van der Waals surface area contributed by atoms with E-state index in [2.05, 4.69) is 0 Å². The van der Waals surface area contributed by atoms with Gasteiger partial charge in [-0.1, -0.05) is 24.3 Å². The van der Waals surface area contributed by atoms with Crippen molar-refractivity contribution in [2.75, 3.05) is 6.61 Å². The Morgan fingerprint density at radius 3 is 2.33 bits per heavy atom. The standard InChI is InChI=1S/C15H13FO2/c16-13-5-1-11(2-6-13)9-17-14-7-3-12(4-8-14)15-10-18-15/h1-8,15H,9-10H2/t15-/m0/s1. The molecular formula is C15H13FO2. The van der Waals surface area contributed by atoms with Crippen molar-refractivity contribution in [3.8, 4) is 5.75 Å². The van der Waals surface area contributed by atoms with Crippen molar-refractivity contribution in [1.82, 2.24) is 0 Å². The minimum absolute atomic E-state index is 0.229. The molecule has 1 aliphatic heterocycles. The molecule has 1 aliphatic rings. The first kappa shape index (κ1) is 11.2. The Balaban J connectivity index is 1.60. The van der Waals surface area contributed by atoms with Gasteiger partial charge in [0.2, 0.25) is 0 Å². The Morgan fingerprint density at radius 1 is 1.06 bits per heavy atom. The number of benzene rings is 2. The monoisotopic (exact) mass is 244 g/mol. The van der Waals surface area contributed by atoms with E-state index in [9.17, 15) is 4.39 Å². The average Bonchev–Trinajstić information content (AvgIpc) is 3.23. The van der Waals surface area contributed by atoms with Crippen LogP contribution in [0.15, 0.2) is 48.5 Å². The van der Waals surface area contributed by atoms with Gasteiger partial charge in [0.15, 0.2) is 0 Å². The molecule has 2 nitrogen and oxygen atoms in total. The van der Waals surface area contributed by atoms with Gasteiger partial charge in [0, 0.05) is 0 Å². The second kappa shape index (κ2) is 4.78. The first-order valence-electron chi connectivity index (χ1n) is 5.90. The average molecular weight is 244 g/mol. The van der Waals surface area contributed by atoms with Gasteiger partial charge in [-0.3, -0.25) is 0 Å². The highest BCUT2D eigenvalue weighted by atomic mass is 19.1. The van der Waals surface area contributed by atoms with E-state index in [-0.39, 0.29) is 11.9 Å². The van der Waals surface area contributed by atoms with Crippen molar-refractivity contribution in [1.29, 1.82) is 0 Å². The summed E-state index contributed by atoms with van der Waals surface area (Å²) < 4.78 is 23.5. The second-order valence-electron chi connectivity index (χ2n) is 4.31. The van der Waals surface area contributed by atoms with Crippen molar-refractivity contribution in [3.63, 3.8) is 0 Å². The van der Waals surface area contributed by atoms with E-state index in [1.807, 2.05) is 24.3 Å². The van der Waals surface area contributed by atoms with E-state index < -0.39 is 0 Å². The summed E-state index contributed by atoms with van der Waals surface area (Å²) in [7, 11) is 0. The molecule has 1 fully saturated rings. The van der Waals surface area contributed by atoms with Crippen LogP contribution in [0, 0.1) is 5.82 Å². The summed E-state index contributed by atoms with van der Waals surface area (Å²) in [5, 5.41) is 0. The maximum absolute atomic E-state index is 12.7. The van der Waals surface area contributed by atoms with Gasteiger partial charge in [0.1, 0.15) is 24.3 Å². The highest BCUT2D eigenvalue weighted by Gasteiger charge is 2.24. The maximum Gasteiger partial charge on any atom is 0.123 e. The van der Waals surface area contributed by atoms with E-state index in [0.29, 0.717) is 6.61 Å². The van der Waals surface area contributed by atoms with Gasteiger partial charge in [-0.2, -0.15) is 0 Å². The topological polar surface area (TPSA) is 21.8 Å². The Morgan fingerprint density at radius 2 is 1.72 bits per heavy atom. The number of epoxide rings is 1. The molecule has 2 aromatic rings. The summed E-state index contributed by atoms with van der Waals surface area (Å²) in [6.45, 7) is 1.26. The van der Waals surface area contributed by atoms with Crippen molar-refractivity contribution in [2.24, 2.45) is 0 Å². The first-order valence-corrected chi connectivity index (χ1v) is 5.90. The van der Waals surface area contributed by atoms with Crippen LogP contribution in [-0.4, -0.2) is 6.61 Å². The number of hydrogen-bond acceptors (Lipinski definition) is 2. The van der Waals surface area contributed by atoms with Crippen LogP contribution in [0.2, 0.25) is 0 Å². The molecule has 0 radical (unpaired) electrons. The molecule has 0 amide bonds. The van der Waals surface area contributed by atoms with Crippen LogP contribution in [0.4, 0.5) is 4.39 Å². The van der Waals surface area contributed by atoms with Gasteiger partial charge in [-0.15, -0.1) is 0 Å². The molecule has 3 heteroatoms. The van der Waals surface area contributed by atoms with E-state index >= 15 is 0 Å². The Bertz CT molecular complexity index is 515. The van der Waals surface area contributed by atoms with Gasteiger partial charge >= 0.3 is 0 Å². The zero-order chi connectivity index (χ0) is 12.4. The highest BCUT2D eigenvalue weighted by Crippen LogP contribution is 2.30. The molecule has 1 heterocycles. The van der Waals surface area contributed by atoms with Crippen LogP contribution >= 0.6 is 0 Å². The fraction of sp³-hybridized carbons (Fsp3) is 0.200. The summed E-state index contributed by atoms with van der Waals surface area (Å²) in [6.07, 6.45) is 0.274. The zero-order valence-corrected chi connectivity index (χ0v) is 9.80. The molecule has 0 bridgehead atoms. The van der Waals surface area contributed by atoms with Gasteiger partial charge in [0.05, 0.1) is 6.61 Å². The lowest BCUT2D eigenvalue weighted by atomic mass is 10.1. The Hall–Kier alpha value is -1.87. The number of ether oxygens (including phenoxy) is 2. The van der Waals surface area contributed by atoms with Gasteiger partial charge in [0.25, 0.3) is 0 Å². The molecule has 0 aromatic heterocycles. The molecule has 0 unspecified atom stereocenters. The van der Waals surface area contributed by atoms with Crippen LogP contribution in [0.25, 0.3) is 0 Å². The molecule has 2 aromatic carbocycles. The van der Waals surface area contributed by atoms with E-state index in [1.165, 1.54) is 17.7 Å². The van der Waals surface area contributed by atoms with Crippen LogP contribution in [0.1, 0.15) is 17.2 Å². The molecule has 0 N–H and O–H groups in total. The van der Waals surface area contributed by atoms with E-state index in [4.69, 9.17) is 9.47 Å². The van der Waals surface area contributed by atoms with Crippen molar-refractivity contribution in [3.05, 3.63) is 65.5 Å². The van der Waals surface area contributed by atoms with Crippen molar-refractivity contribution >= 4 is 0 Å². The highest BCUT2D eigenvalue weighted by molar-refractivity contribution is 5.30. The Kier molecular flexibility index (Phi) is 2.99. The Labute approximate surface area is 105 Å². The van der Waals surface area contributed by atoms with Gasteiger partial charge in [-0.05, 0) is 35.4 Å². The third-order valence-corrected chi connectivity index (χ3v) is 2.90. The lowest BCUT2D eigenvalue weighted by Gasteiger charge is -2.06. The number of halogens is 1. The minimum atomic E-state index is -0.229. The molecule has 1 saturated heterocycles. The van der Waals surface area contributed by atoms with Crippen LogP contribution in [0.5, 0.6) is 5.75 Å². The lowest BCUT2D eigenvalue weighted by molar-refractivity contribution is 0.306. The molecule has 0 aliphatic carbocycles. The van der Waals surface area contributed by atoms with Crippen LogP contribution in [-0.2, 0) is 11.3 Å². The SMILES string of the molecule is Fc1ccc(COc2ccc([C@@H]3CO3)cc2)cc1.